The van der Waals surface area contributed by atoms with E-state index in [1.807, 2.05) is 64.4 Å². The van der Waals surface area contributed by atoms with Crippen molar-refractivity contribution < 1.29 is 9.84 Å². The van der Waals surface area contributed by atoms with E-state index in [2.05, 4.69) is 44.5 Å². The van der Waals surface area contributed by atoms with Gasteiger partial charge in [-0.1, -0.05) is 36.4 Å². The normalized spacial score (nSPS) is 12.2. The predicted octanol–water partition coefficient (Wildman–Crippen LogP) is 4.43. The van der Waals surface area contributed by atoms with Crippen molar-refractivity contribution in [1.29, 1.82) is 0 Å². The van der Waals surface area contributed by atoms with Crippen molar-refractivity contribution in [3.8, 4) is 5.75 Å². The van der Waals surface area contributed by atoms with Gasteiger partial charge in [0.25, 0.3) is 0 Å². The molecule has 0 fully saturated rings. The van der Waals surface area contributed by atoms with Crippen LogP contribution in [0.15, 0.2) is 65.9 Å². The number of halogens is 1. The van der Waals surface area contributed by atoms with Crippen LogP contribution >= 0.6 is 24.0 Å². The lowest BCUT2D eigenvalue weighted by molar-refractivity contribution is 0.179. The number of benzene rings is 2. The highest BCUT2D eigenvalue weighted by Gasteiger charge is 2.10. The molecule has 3 aromatic rings. The van der Waals surface area contributed by atoms with Crippen LogP contribution in [0.5, 0.6) is 5.75 Å². The molecule has 0 radical (unpaired) electrons. The van der Waals surface area contributed by atoms with Gasteiger partial charge in [-0.15, -0.1) is 24.0 Å². The van der Waals surface area contributed by atoms with Gasteiger partial charge in [0.1, 0.15) is 11.6 Å². The Morgan fingerprint density at radius 3 is 2.59 bits per heavy atom. The number of nitrogens with one attached hydrogen (secondary N) is 2. The minimum atomic E-state index is -0.675. The number of hydrogen-bond donors (Lipinski definition) is 3. The number of imidazole rings is 1. The Labute approximate surface area is 219 Å². The van der Waals surface area contributed by atoms with E-state index in [0.717, 1.165) is 35.8 Å². The summed E-state index contributed by atoms with van der Waals surface area (Å²) in [6.45, 7) is 10.4. The lowest BCUT2D eigenvalue weighted by atomic mass is 10.1. The van der Waals surface area contributed by atoms with Gasteiger partial charge < -0.3 is 25.0 Å². The number of hydrogen-bond acceptors (Lipinski definition) is 4. The quantitative estimate of drug-likeness (QED) is 0.189. The van der Waals surface area contributed by atoms with Crippen LogP contribution in [0, 0.1) is 6.92 Å². The Balaban J connectivity index is 0.00000408. The van der Waals surface area contributed by atoms with Crippen molar-refractivity contribution in [2.24, 2.45) is 4.99 Å². The van der Waals surface area contributed by atoms with Gasteiger partial charge in [0.2, 0.25) is 0 Å². The van der Waals surface area contributed by atoms with E-state index in [1.54, 1.807) is 0 Å². The predicted molar refractivity (Wildman–Crippen MR) is 148 cm³/mol. The van der Waals surface area contributed by atoms with E-state index >= 15 is 0 Å². The zero-order chi connectivity index (χ0) is 23.6. The molecule has 0 saturated heterocycles. The molecule has 3 N–H and O–H groups in total. The highest BCUT2D eigenvalue weighted by Crippen LogP contribution is 2.20. The molecule has 2 aromatic carbocycles. The van der Waals surface area contributed by atoms with Crippen LogP contribution < -0.4 is 15.4 Å². The summed E-state index contributed by atoms with van der Waals surface area (Å²) in [4.78, 5) is 8.99. The fourth-order valence-electron chi connectivity index (χ4n) is 3.48. The lowest BCUT2D eigenvalue weighted by Gasteiger charge is -2.17. The van der Waals surface area contributed by atoms with E-state index < -0.39 is 6.10 Å². The second-order valence-corrected chi connectivity index (χ2v) is 8.25. The molecule has 0 aliphatic rings. The Hall–Kier alpha value is -2.59. The summed E-state index contributed by atoms with van der Waals surface area (Å²) in [6.07, 6.45) is 3.22. The van der Waals surface area contributed by atoms with E-state index in [9.17, 15) is 5.11 Å². The number of aryl methyl sites for hydroxylation is 1. The van der Waals surface area contributed by atoms with Crippen LogP contribution in [0.4, 0.5) is 0 Å². The smallest absolute Gasteiger partial charge is 0.191 e. The van der Waals surface area contributed by atoms with Gasteiger partial charge >= 0.3 is 0 Å². The van der Waals surface area contributed by atoms with Gasteiger partial charge in [0.15, 0.2) is 5.96 Å². The minimum absolute atomic E-state index is 0. The number of aliphatic hydroxyl groups is 1. The standard InChI is InChI=1S/C26H35N5O2.HI/c1-5-27-26(30-17-25(32)23-10-7-11-24(15-23)33-19(2)3)29-16-21-8-6-9-22(14-21)18-31-13-12-28-20(31)4;/h6-15,19,25,32H,5,16-18H2,1-4H3,(H2,27,29,30);1H. The molecule has 1 heterocycles. The number of aliphatic imine (C=N–C) groups is 1. The van der Waals surface area contributed by atoms with E-state index in [0.29, 0.717) is 19.0 Å². The average Bonchev–Trinajstić information content (AvgIpc) is 3.19. The van der Waals surface area contributed by atoms with Crippen LogP contribution in [0.2, 0.25) is 0 Å². The fourth-order valence-corrected chi connectivity index (χ4v) is 3.48. The number of aliphatic hydroxyl groups excluding tert-OH is 1. The fraction of sp³-hybridized carbons (Fsp3) is 0.385. The molecular weight excluding hydrogens is 541 g/mol. The van der Waals surface area contributed by atoms with Crippen molar-refractivity contribution in [2.75, 3.05) is 13.1 Å². The minimum Gasteiger partial charge on any atom is -0.491 e. The third-order valence-electron chi connectivity index (χ3n) is 5.11. The van der Waals surface area contributed by atoms with Gasteiger partial charge in [0, 0.05) is 32.0 Å². The molecule has 184 valence electrons. The Kier molecular flexibility index (Phi) is 11.4. The highest BCUT2D eigenvalue weighted by molar-refractivity contribution is 14.0. The summed E-state index contributed by atoms with van der Waals surface area (Å²) in [6, 6.07) is 16.0. The molecule has 0 aliphatic carbocycles. The van der Waals surface area contributed by atoms with Crippen LogP contribution in [0.3, 0.4) is 0 Å². The topological polar surface area (TPSA) is 83.7 Å². The first-order chi connectivity index (χ1) is 15.9. The van der Waals surface area contributed by atoms with Gasteiger partial charge in [-0.2, -0.15) is 0 Å². The molecule has 1 atom stereocenters. The van der Waals surface area contributed by atoms with Crippen LogP contribution in [0.25, 0.3) is 0 Å². The maximum absolute atomic E-state index is 10.7. The summed E-state index contributed by atoms with van der Waals surface area (Å²) in [5, 5.41) is 17.1. The van der Waals surface area contributed by atoms with Crippen LogP contribution in [-0.2, 0) is 13.1 Å². The molecule has 1 unspecified atom stereocenters. The van der Waals surface area contributed by atoms with Crippen LogP contribution in [0.1, 0.15) is 49.4 Å². The molecule has 3 rings (SSSR count). The summed E-state index contributed by atoms with van der Waals surface area (Å²) >= 11 is 0. The van der Waals surface area contributed by atoms with Gasteiger partial charge in [-0.05, 0) is 56.5 Å². The highest BCUT2D eigenvalue weighted by atomic mass is 127. The molecule has 8 heteroatoms. The molecule has 1 aromatic heterocycles. The summed E-state index contributed by atoms with van der Waals surface area (Å²) in [5.74, 6) is 2.42. The molecule has 0 spiro atoms. The van der Waals surface area contributed by atoms with Crippen molar-refractivity contribution >= 4 is 29.9 Å². The summed E-state index contributed by atoms with van der Waals surface area (Å²) in [7, 11) is 0. The number of rotatable bonds is 10. The van der Waals surface area contributed by atoms with Crippen LogP contribution in [-0.4, -0.2) is 39.8 Å². The molecule has 0 aliphatic heterocycles. The SMILES string of the molecule is CCNC(=NCc1cccc(Cn2ccnc2C)c1)NCC(O)c1cccc(OC(C)C)c1.I. The lowest BCUT2D eigenvalue weighted by Crippen LogP contribution is -2.39. The number of nitrogens with zero attached hydrogens (tertiary/aromatic N) is 3. The third-order valence-corrected chi connectivity index (χ3v) is 5.11. The molecular formula is C26H36IN5O2. The first-order valence-corrected chi connectivity index (χ1v) is 11.5. The largest absolute Gasteiger partial charge is 0.491 e. The number of aromatic nitrogens is 2. The third kappa shape index (κ3) is 8.64. The van der Waals surface area contributed by atoms with Gasteiger partial charge in [-0.3, -0.25) is 0 Å². The van der Waals surface area contributed by atoms with Crippen molar-refractivity contribution in [2.45, 2.75) is 53.0 Å². The van der Waals surface area contributed by atoms with E-state index in [-0.39, 0.29) is 30.1 Å². The summed E-state index contributed by atoms with van der Waals surface area (Å²) in [5.41, 5.74) is 3.14. The monoisotopic (exact) mass is 577 g/mol. The second kappa shape index (κ2) is 14.0. The molecule has 0 bridgehead atoms. The first kappa shape index (κ1) is 27.7. The zero-order valence-electron chi connectivity index (χ0n) is 20.4. The molecule has 34 heavy (non-hydrogen) atoms. The maximum atomic E-state index is 10.7. The Morgan fingerprint density at radius 2 is 1.88 bits per heavy atom. The van der Waals surface area contributed by atoms with Gasteiger partial charge in [-0.25, -0.2) is 9.98 Å². The van der Waals surface area contributed by atoms with Crippen molar-refractivity contribution in [3.63, 3.8) is 0 Å². The summed E-state index contributed by atoms with van der Waals surface area (Å²) < 4.78 is 7.85. The molecule has 0 amide bonds. The molecule has 7 nitrogen and oxygen atoms in total. The first-order valence-electron chi connectivity index (χ1n) is 11.5. The van der Waals surface area contributed by atoms with E-state index in [1.165, 1.54) is 5.56 Å². The zero-order valence-corrected chi connectivity index (χ0v) is 22.7. The average molecular weight is 578 g/mol. The van der Waals surface area contributed by atoms with E-state index in [4.69, 9.17) is 9.73 Å². The number of guanidine groups is 1. The van der Waals surface area contributed by atoms with Gasteiger partial charge in [0.05, 0.1) is 18.8 Å². The molecule has 0 saturated carbocycles. The van der Waals surface area contributed by atoms with Crippen molar-refractivity contribution in [1.82, 2.24) is 20.2 Å². The number of ether oxygens (including phenoxy) is 1. The van der Waals surface area contributed by atoms with Crippen molar-refractivity contribution in [3.05, 3.63) is 83.4 Å². The Morgan fingerprint density at radius 1 is 1.12 bits per heavy atom. The second-order valence-electron chi connectivity index (χ2n) is 8.25. The maximum Gasteiger partial charge on any atom is 0.191 e. The Bertz CT molecular complexity index is 1050.